The lowest BCUT2D eigenvalue weighted by molar-refractivity contribution is -0.384. The first-order valence-electron chi connectivity index (χ1n) is 9.60. The number of nitrogens with two attached hydrogens (primary N) is 1. The van der Waals surface area contributed by atoms with Crippen LogP contribution in [-0.2, 0) is 13.0 Å². The average molecular weight is 452 g/mol. The van der Waals surface area contributed by atoms with Gasteiger partial charge in [-0.15, -0.1) is 0 Å². The molecule has 2 heterocycles. The Morgan fingerprint density at radius 2 is 1.91 bits per heavy atom. The third kappa shape index (κ3) is 4.28. The summed E-state index contributed by atoms with van der Waals surface area (Å²) in [6, 6.07) is 12.0. The summed E-state index contributed by atoms with van der Waals surface area (Å²) >= 11 is 1.41. The molecule has 0 aliphatic rings. The van der Waals surface area contributed by atoms with Gasteiger partial charge in [0.1, 0.15) is 17.8 Å². The molecule has 0 amide bonds. The van der Waals surface area contributed by atoms with Crippen LogP contribution in [0.4, 0.5) is 11.5 Å². The molecular weight excluding hydrogens is 432 g/mol. The number of aryl methyl sites for hydroxylation is 2. The summed E-state index contributed by atoms with van der Waals surface area (Å²) in [5.41, 5.74) is 8.18. The van der Waals surface area contributed by atoms with E-state index >= 15 is 0 Å². The molecule has 2 aromatic carbocycles. The number of nitro benzene ring substituents is 1. The van der Waals surface area contributed by atoms with Gasteiger partial charge in [0, 0.05) is 18.7 Å². The van der Waals surface area contributed by atoms with Gasteiger partial charge < -0.3 is 19.8 Å². The van der Waals surface area contributed by atoms with Crippen LogP contribution in [0.3, 0.4) is 0 Å². The van der Waals surface area contributed by atoms with E-state index in [1.54, 1.807) is 26.4 Å². The van der Waals surface area contributed by atoms with Crippen LogP contribution >= 0.6 is 11.8 Å². The standard InChI is InChI=1S/C21H20N6O4S/c1-30-15-7-8-16(31-2)17(11-15)32-21-25-18-19(22)23-12-24-20(18)26(21)10-9-13-3-5-14(6-4-13)27(28)29/h3-8,11-12H,9-10H2,1-2H3,(H2,22,23,24). The lowest BCUT2D eigenvalue weighted by Crippen LogP contribution is -2.05. The molecule has 164 valence electrons. The Morgan fingerprint density at radius 1 is 1.12 bits per heavy atom. The lowest BCUT2D eigenvalue weighted by Gasteiger charge is -2.12. The fourth-order valence-electron chi connectivity index (χ4n) is 3.20. The van der Waals surface area contributed by atoms with Gasteiger partial charge in [-0.2, -0.15) is 0 Å². The molecule has 0 saturated heterocycles. The fourth-order valence-corrected chi connectivity index (χ4v) is 4.25. The molecule has 2 N–H and O–H groups in total. The van der Waals surface area contributed by atoms with Crippen LogP contribution in [0.25, 0.3) is 11.2 Å². The highest BCUT2D eigenvalue weighted by Gasteiger charge is 2.18. The number of fused-ring (bicyclic) bond motifs is 1. The summed E-state index contributed by atoms with van der Waals surface area (Å²) < 4.78 is 12.8. The van der Waals surface area contributed by atoms with Crippen LogP contribution < -0.4 is 15.2 Å². The Hall–Kier alpha value is -3.86. The summed E-state index contributed by atoms with van der Waals surface area (Å²) in [6.07, 6.45) is 2.03. The van der Waals surface area contributed by atoms with E-state index in [9.17, 15) is 10.1 Å². The highest BCUT2D eigenvalue weighted by atomic mass is 32.2. The smallest absolute Gasteiger partial charge is 0.269 e. The van der Waals surface area contributed by atoms with Crippen molar-refractivity contribution in [1.82, 2.24) is 19.5 Å². The van der Waals surface area contributed by atoms with Gasteiger partial charge in [-0.25, -0.2) is 15.0 Å². The first-order chi connectivity index (χ1) is 15.5. The number of nitro groups is 1. The summed E-state index contributed by atoms with van der Waals surface area (Å²) in [5.74, 6) is 1.67. The van der Waals surface area contributed by atoms with Gasteiger partial charge in [0.25, 0.3) is 5.69 Å². The van der Waals surface area contributed by atoms with Gasteiger partial charge in [0.05, 0.1) is 24.0 Å². The van der Waals surface area contributed by atoms with Crippen LogP contribution in [0.15, 0.2) is 58.8 Å². The number of ether oxygens (including phenoxy) is 2. The van der Waals surface area contributed by atoms with Crippen LogP contribution in [-0.4, -0.2) is 38.7 Å². The van der Waals surface area contributed by atoms with E-state index in [1.807, 2.05) is 22.8 Å². The molecule has 0 fully saturated rings. The van der Waals surface area contributed by atoms with Crippen molar-refractivity contribution >= 4 is 34.4 Å². The molecule has 4 rings (SSSR count). The van der Waals surface area contributed by atoms with E-state index in [4.69, 9.17) is 15.2 Å². The van der Waals surface area contributed by atoms with Gasteiger partial charge in [-0.1, -0.05) is 12.1 Å². The molecule has 2 aromatic heterocycles. The minimum atomic E-state index is -0.414. The zero-order valence-electron chi connectivity index (χ0n) is 17.4. The van der Waals surface area contributed by atoms with Crippen LogP contribution in [0.1, 0.15) is 5.56 Å². The summed E-state index contributed by atoms with van der Waals surface area (Å²) in [4.78, 5) is 24.4. The highest BCUT2D eigenvalue weighted by molar-refractivity contribution is 7.99. The molecule has 0 saturated carbocycles. The Bertz CT molecular complexity index is 1280. The molecule has 4 aromatic rings. The molecular formula is C21H20N6O4S. The number of hydrogen-bond acceptors (Lipinski definition) is 9. The molecule has 0 bridgehead atoms. The number of rotatable bonds is 8. The Morgan fingerprint density at radius 3 is 2.59 bits per heavy atom. The SMILES string of the molecule is COc1ccc(OC)c(Sc2nc3c(N)ncnc3n2CCc2ccc([N+](=O)[O-])cc2)c1. The van der Waals surface area contributed by atoms with E-state index < -0.39 is 4.92 Å². The van der Waals surface area contributed by atoms with Crippen molar-refractivity contribution in [1.29, 1.82) is 0 Å². The van der Waals surface area contributed by atoms with Gasteiger partial charge in [-0.3, -0.25) is 10.1 Å². The van der Waals surface area contributed by atoms with Crippen LogP contribution in [0.2, 0.25) is 0 Å². The van der Waals surface area contributed by atoms with Crippen molar-refractivity contribution in [3.63, 3.8) is 0 Å². The quantitative estimate of drug-likeness (QED) is 0.314. The van der Waals surface area contributed by atoms with Crippen LogP contribution in [0, 0.1) is 10.1 Å². The minimum absolute atomic E-state index is 0.0590. The maximum absolute atomic E-state index is 10.9. The van der Waals surface area contributed by atoms with Crippen molar-refractivity contribution in [3.05, 3.63) is 64.5 Å². The predicted molar refractivity (Wildman–Crippen MR) is 120 cm³/mol. The second-order valence-electron chi connectivity index (χ2n) is 6.77. The lowest BCUT2D eigenvalue weighted by atomic mass is 10.1. The van der Waals surface area contributed by atoms with Gasteiger partial charge >= 0.3 is 0 Å². The van der Waals surface area contributed by atoms with E-state index in [0.29, 0.717) is 46.6 Å². The monoisotopic (exact) mass is 452 g/mol. The molecule has 32 heavy (non-hydrogen) atoms. The number of imidazole rings is 1. The van der Waals surface area contributed by atoms with E-state index in [1.165, 1.54) is 30.2 Å². The minimum Gasteiger partial charge on any atom is -0.497 e. The number of anilines is 1. The molecule has 0 spiro atoms. The normalized spacial score (nSPS) is 10.9. The van der Waals surface area contributed by atoms with Crippen molar-refractivity contribution in [2.45, 2.75) is 23.0 Å². The van der Waals surface area contributed by atoms with E-state index in [-0.39, 0.29) is 5.69 Å². The first-order valence-corrected chi connectivity index (χ1v) is 10.4. The maximum Gasteiger partial charge on any atom is 0.269 e. The maximum atomic E-state index is 10.9. The Labute approximate surface area is 187 Å². The number of hydrogen-bond donors (Lipinski definition) is 1. The zero-order valence-corrected chi connectivity index (χ0v) is 18.2. The summed E-state index contributed by atoms with van der Waals surface area (Å²) in [7, 11) is 3.21. The molecule has 0 unspecified atom stereocenters. The number of non-ortho nitro benzene ring substituents is 1. The number of benzene rings is 2. The van der Waals surface area contributed by atoms with Crippen molar-refractivity contribution < 1.29 is 14.4 Å². The third-order valence-electron chi connectivity index (χ3n) is 4.87. The second kappa shape index (κ2) is 9.10. The van der Waals surface area contributed by atoms with Gasteiger partial charge in [0.15, 0.2) is 22.1 Å². The molecule has 0 aliphatic heterocycles. The summed E-state index contributed by atoms with van der Waals surface area (Å²) in [5, 5.41) is 11.6. The van der Waals surface area contributed by atoms with Crippen molar-refractivity contribution in [3.8, 4) is 11.5 Å². The first kappa shape index (κ1) is 21.4. The summed E-state index contributed by atoms with van der Waals surface area (Å²) in [6.45, 7) is 0.541. The van der Waals surface area contributed by atoms with Crippen molar-refractivity contribution in [2.24, 2.45) is 0 Å². The Balaban J connectivity index is 1.69. The van der Waals surface area contributed by atoms with Gasteiger partial charge in [0.2, 0.25) is 0 Å². The molecule has 0 atom stereocenters. The molecule has 10 nitrogen and oxygen atoms in total. The fraction of sp³-hybridized carbons (Fsp3) is 0.190. The second-order valence-corrected chi connectivity index (χ2v) is 7.78. The zero-order chi connectivity index (χ0) is 22.7. The Kier molecular flexibility index (Phi) is 6.08. The van der Waals surface area contributed by atoms with Crippen molar-refractivity contribution in [2.75, 3.05) is 20.0 Å². The third-order valence-corrected chi connectivity index (χ3v) is 5.90. The van der Waals surface area contributed by atoms with Crippen LogP contribution in [0.5, 0.6) is 11.5 Å². The molecule has 0 radical (unpaired) electrons. The largest absolute Gasteiger partial charge is 0.497 e. The number of nitrogens with zero attached hydrogens (tertiary/aromatic N) is 5. The topological polar surface area (TPSA) is 131 Å². The number of nitrogen functional groups attached to an aromatic ring is 1. The number of aromatic nitrogens is 4. The van der Waals surface area contributed by atoms with E-state index in [2.05, 4.69) is 15.0 Å². The van der Waals surface area contributed by atoms with E-state index in [0.717, 1.165) is 10.5 Å². The number of methoxy groups -OCH3 is 2. The molecule has 0 aliphatic carbocycles. The molecule has 11 heteroatoms. The predicted octanol–water partition coefficient (Wildman–Crippen LogP) is 3.73. The average Bonchev–Trinajstić information content (AvgIpc) is 3.16. The van der Waals surface area contributed by atoms with Gasteiger partial charge in [-0.05, 0) is 41.9 Å². The highest BCUT2D eigenvalue weighted by Crippen LogP contribution is 2.38.